The Labute approximate surface area is 181 Å². The number of ketones is 1. The minimum atomic E-state index is -0.278. The lowest BCUT2D eigenvalue weighted by Gasteiger charge is -2.14. The molecule has 2 aromatic heterocycles. The zero-order valence-electron chi connectivity index (χ0n) is 15.1. The second-order valence-corrected chi connectivity index (χ2v) is 9.21. The number of hydrogen-bond donors (Lipinski definition) is 2. The summed E-state index contributed by atoms with van der Waals surface area (Å²) in [6.45, 7) is 0. The van der Waals surface area contributed by atoms with Crippen LogP contribution in [0.2, 0.25) is 0 Å². The fourth-order valence-corrected chi connectivity index (χ4v) is 4.97. The van der Waals surface area contributed by atoms with Crippen LogP contribution >= 0.6 is 33.9 Å². The molecule has 5 nitrogen and oxygen atoms in total. The van der Waals surface area contributed by atoms with Gasteiger partial charge in [-0.1, -0.05) is 12.1 Å². The number of carbonyl (C=O) groups is 1. The molecule has 1 aliphatic rings. The number of aliphatic hydroxyl groups is 1. The molecule has 0 radical (unpaired) electrons. The molecule has 0 saturated heterocycles. The molecule has 4 rings (SSSR count). The lowest BCUT2D eigenvalue weighted by Crippen LogP contribution is -2.20. The van der Waals surface area contributed by atoms with E-state index in [1.165, 1.54) is 26.8 Å². The second-order valence-electron chi connectivity index (χ2n) is 7.05. The fourth-order valence-electron chi connectivity index (χ4n) is 3.50. The Bertz CT molecular complexity index is 991. The van der Waals surface area contributed by atoms with E-state index in [1.54, 1.807) is 6.20 Å². The van der Waals surface area contributed by atoms with E-state index < -0.39 is 0 Å². The molecule has 1 saturated carbocycles. The van der Waals surface area contributed by atoms with E-state index in [-0.39, 0.29) is 17.9 Å². The Morgan fingerprint density at radius 1 is 1.29 bits per heavy atom. The van der Waals surface area contributed by atoms with Gasteiger partial charge in [0.2, 0.25) is 5.78 Å². The first kappa shape index (κ1) is 19.5. The number of aliphatic hydroxyl groups excluding tert-OH is 1. The average molecular weight is 505 g/mol. The largest absolute Gasteiger partial charge is 0.393 e. The highest BCUT2D eigenvalue weighted by atomic mass is 127. The average Bonchev–Trinajstić information content (AvgIpc) is 3.31. The van der Waals surface area contributed by atoms with Crippen LogP contribution < -0.4 is 5.32 Å². The van der Waals surface area contributed by atoms with Crippen molar-refractivity contribution in [2.24, 2.45) is 0 Å². The highest BCUT2D eigenvalue weighted by Crippen LogP contribution is 2.27. The van der Waals surface area contributed by atoms with Gasteiger partial charge in [0, 0.05) is 15.8 Å². The molecular formula is C21H20IN3O2S. The van der Waals surface area contributed by atoms with Crippen LogP contribution in [0.3, 0.4) is 0 Å². The third-order valence-electron chi connectivity index (χ3n) is 4.88. The van der Waals surface area contributed by atoms with Crippen LogP contribution in [0.1, 0.15) is 45.6 Å². The molecule has 0 amide bonds. The van der Waals surface area contributed by atoms with Gasteiger partial charge in [0.05, 0.1) is 16.5 Å². The van der Waals surface area contributed by atoms with Crippen molar-refractivity contribution >= 4 is 45.5 Å². The molecule has 2 N–H and O–H groups in total. The summed E-state index contributed by atoms with van der Waals surface area (Å²) in [4.78, 5) is 22.1. The maximum atomic E-state index is 13.1. The molecule has 2 atom stereocenters. The summed E-state index contributed by atoms with van der Waals surface area (Å²) in [5.74, 6) is 0.479. The summed E-state index contributed by atoms with van der Waals surface area (Å²) < 4.78 is 1.20. The Kier molecular flexibility index (Phi) is 6.03. The maximum absolute atomic E-state index is 13.1. The smallest absolute Gasteiger partial charge is 0.208 e. The van der Waals surface area contributed by atoms with Crippen LogP contribution in [0, 0.1) is 3.57 Å². The van der Waals surface area contributed by atoms with Crippen LogP contribution in [0.25, 0.3) is 0 Å². The molecule has 0 unspecified atom stereocenters. The SMILES string of the molecule is O=C(c1cc(Cc2cccc(I)c2)cs1)c1cncnc1N[C@@H]1CC[C@H](O)C1. The first-order chi connectivity index (χ1) is 13.6. The maximum Gasteiger partial charge on any atom is 0.208 e. The van der Waals surface area contributed by atoms with Crippen molar-refractivity contribution in [2.75, 3.05) is 5.32 Å². The number of hydrogen-bond acceptors (Lipinski definition) is 6. The van der Waals surface area contributed by atoms with E-state index in [0.717, 1.165) is 24.8 Å². The predicted octanol–water partition coefficient (Wildman–Crippen LogP) is 4.29. The minimum Gasteiger partial charge on any atom is -0.393 e. The van der Waals surface area contributed by atoms with Gasteiger partial charge in [-0.25, -0.2) is 9.97 Å². The first-order valence-corrected chi connectivity index (χ1v) is 11.2. The van der Waals surface area contributed by atoms with E-state index in [0.29, 0.717) is 22.7 Å². The molecule has 2 heterocycles. The molecule has 144 valence electrons. The Hall–Kier alpha value is -1.84. The van der Waals surface area contributed by atoms with Crippen LogP contribution in [0.4, 0.5) is 5.82 Å². The zero-order valence-corrected chi connectivity index (χ0v) is 18.1. The van der Waals surface area contributed by atoms with Crippen molar-refractivity contribution in [2.45, 2.75) is 37.8 Å². The van der Waals surface area contributed by atoms with Crippen molar-refractivity contribution in [1.82, 2.24) is 9.97 Å². The van der Waals surface area contributed by atoms with E-state index in [1.807, 2.05) is 11.4 Å². The number of anilines is 1. The molecule has 0 aliphatic heterocycles. The third-order valence-corrected chi connectivity index (χ3v) is 6.53. The van der Waals surface area contributed by atoms with E-state index >= 15 is 0 Å². The molecule has 3 aromatic rings. The molecule has 7 heteroatoms. The van der Waals surface area contributed by atoms with Crippen LogP contribution in [-0.2, 0) is 6.42 Å². The van der Waals surface area contributed by atoms with Gasteiger partial charge >= 0.3 is 0 Å². The van der Waals surface area contributed by atoms with Gasteiger partial charge in [0.1, 0.15) is 12.1 Å². The van der Waals surface area contributed by atoms with E-state index in [2.05, 4.69) is 62.1 Å². The Morgan fingerprint density at radius 3 is 2.96 bits per heavy atom. The molecule has 1 fully saturated rings. The second kappa shape index (κ2) is 8.67. The Balaban J connectivity index is 1.51. The van der Waals surface area contributed by atoms with Gasteiger partial charge in [0.25, 0.3) is 0 Å². The highest BCUT2D eigenvalue weighted by Gasteiger charge is 2.25. The van der Waals surface area contributed by atoms with Crippen molar-refractivity contribution in [3.05, 3.63) is 73.4 Å². The number of halogens is 1. The summed E-state index contributed by atoms with van der Waals surface area (Å²) in [6, 6.07) is 10.5. The standard InChI is InChI=1S/C21H20IN3O2S/c22-15-3-1-2-13(7-15)6-14-8-19(28-11-14)20(27)18-10-23-12-24-21(18)25-16-4-5-17(26)9-16/h1-3,7-8,10-12,16-17,26H,4-6,9H2,(H,23,24,25)/t16-,17+/m1/s1. The fraction of sp³-hybridized carbons (Fsp3) is 0.286. The summed E-state index contributed by atoms with van der Waals surface area (Å²) in [7, 11) is 0. The minimum absolute atomic E-state index is 0.0689. The van der Waals surface area contributed by atoms with Crippen molar-refractivity contribution in [1.29, 1.82) is 0 Å². The predicted molar refractivity (Wildman–Crippen MR) is 119 cm³/mol. The molecule has 0 spiro atoms. The van der Waals surface area contributed by atoms with E-state index in [4.69, 9.17) is 0 Å². The molecule has 28 heavy (non-hydrogen) atoms. The van der Waals surface area contributed by atoms with Crippen LogP contribution in [0.5, 0.6) is 0 Å². The van der Waals surface area contributed by atoms with Crippen LogP contribution in [0.15, 0.2) is 48.2 Å². The zero-order chi connectivity index (χ0) is 19.5. The quantitative estimate of drug-likeness (QED) is 0.386. The number of thiophene rings is 1. The van der Waals surface area contributed by atoms with Crippen molar-refractivity contribution in [3.8, 4) is 0 Å². The summed E-state index contributed by atoms with van der Waals surface area (Å²) >= 11 is 3.76. The molecule has 0 bridgehead atoms. The number of benzene rings is 1. The van der Waals surface area contributed by atoms with Gasteiger partial charge in [-0.3, -0.25) is 4.79 Å². The number of rotatable bonds is 6. The number of aromatic nitrogens is 2. The van der Waals surface area contributed by atoms with Gasteiger partial charge in [0.15, 0.2) is 0 Å². The van der Waals surface area contributed by atoms with Gasteiger partial charge in [-0.15, -0.1) is 11.3 Å². The van der Waals surface area contributed by atoms with Crippen molar-refractivity contribution < 1.29 is 9.90 Å². The van der Waals surface area contributed by atoms with E-state index in [9.17, 15) is 9.90 Å². The van der Waals surface area contributed by atoms with Crippen molar-refractivity contribution in [3.63, 3.8) is 0 Å². The lowest BCUT2D eigenvalue weighted by atomic mass is 10.1. The molecule has 1 aliphatic carbocycles. The number of nitrogens with zero attached hydrogens (tertiary/aromatic N) is 2. The first-order valence-electron chi connectivity index (χ1n) is 9.19. The van der Waals surface area contributed by atoms with Gasteiger partial charge in [-0.05, 0) is 83.0 Å². The topological polar surface area (TPSA) is 75.1 Å². The third kappa shape index (κ3) is 4.59. The Morgan fingerprint density at radius 2 is 2.18 bits per heavy atom. The monoisotopic (exact) mass is 505 g/mol. The van der Waals surface area contributed by atoms with Gasteiger partial charge in [-0.2, -0.15) is 0 Å². The highest BCUT2D eigenvalue weighted by molar-refractivity contribution is 14.1. The molecule has 1 aromatic carbocycles. The molecular weight excluding hydrogens is 485 g/mol. The normalized spacial score (nSPS) is 18.9. The number of carbonyl (C=O) groups excluding carboxylic acids is 1. The summed E-state index contributed by atoms with van der Waals surface area (Å²) in [5.41, 5.74) is 2.83. The summed E-state index contributed by atoms with van der Waals surface area (Å²) in [5, 5.41) is 15.1. The summed E-state index contributed by atoms with van der Waals surface area (Å²) in [6.07, 6.45) is 5.87. The van der Waals surface area contributed by atoms with Gasteiger partial charge < -0.3 is 10.4 Å². The van der Waals surface area contributed by atoms with Crippen LogP contribution in [-0.4, -0.2) is 33.0 Å². The number of nitrogens with one attached hydrogen (secondary N) is 1. The lowest BCUT2D eigenvalue weighted by molar-refractivity contribution is 0.104.